The molecule has 0 radical (unpaired) electrons. The van der Waals surface area contributed by atoms with Crippen LogP contribution >= 0.6 is 0 Å². The minimum atomic E-state index is -2.99. The van der Waals surface area contributed by atoms with Crippen molar-refractivity contribution in [2.45, 2.75) is 39.2 Å². The Labute approximate surface area is 74.6 Å². The molecule has 1 saturated carbocycles. The second-order valence-corrected chi connectivity index (χ2v) is 5.58. The summed E-state index contributed by atoms with van der Waals surface area (Å²) in [5, 5.41) is 0. The maximum absolute atomic E-state index is 11.2. The van der Waals surface area contributed by atoms with Gasteiger partial charge in [-0.3, -0.25) is 0 Å². The van der Waals surface area contributed by atoms with Gasteiger partial charge in [-0.25, -0.2) is 13.1 Å². The molecule has 2 unspecified atom stereocenters. The van der Waals surface area contributed by atoms with E-state index in [4.69, 9.17) is 0 Å². The van der Waals surface area contributed by atoms with Crippen LogP contribution in [-0.2, 0) is 10.0 Å². The zero-order valence-corrected chi connectivity index (χ0v) is 8.52. The van der Waals surface area contributed by atoms with Crippen LogP contribution in [0.15, 0.2) is 0 Å². The highest BCUT2D eigenvalue weighted by Crippen LogP contribution is 2.25. The van der Waals surface area contributed by atoms with E-state index < -0.39 is 10.0 Å². The molecule has 0 spiro atoms. The Hall–Kier alpha value is -0.0900. The van der Waals surface area contributed by atoms with Crippen LogP contribution in [0.25, 0.3) is 0 Å². The Morgan fingerprint density at radius 1 is 1.42 bits per heavy atom. The van der Waals surface area contributed by atoms with Gasteiger partial charge in [0.05, 0.1) is 5.75 Å². The number of rotatable bonds is 3. The molecule has 1 rings (SSSR count). The molecule has 1 N–H and O–H groups in total. The van der Waals surface area contributed by atoms with Crippen molar-refractivity contribution in [1.82, 2.24) is 4.72 Å². The van der Waals surface area contributed by atoms with Crippen molar-refractivity contribution in [1.29, 1.82) is 0 Å². The number of hydrogen-bond donors (Lipinski definition) is 1. The van der Waals surface area contributed by atoms with Crippen LogP contribution in [0, 0.1) is 5.92 Å². The molecule has 2 atom stereocenters. The summed E-state index contributed by atoms with van der Waals surface area (Å²) in [6.45, 7) is 3.78. The smallest absolute Gasteiger partial charge is 0.211 e. The summed E-state index contributed by atoms with van der Waals surface area (Å²) in [4.78, 5) is 0. The lowest BCUT2D eigenvalue weighted by molar-refractivity contribution is 0.477. The molecule has 0 amide bonds. The summed E-state index contributed by atoms with van der Waals surface area (Å²) in [7, 11) is -2.99. The predicted molar refractivity (Wildman–Crippen MR) is 49.4 cm³/mol. The molecule has 0 aromatic rings. The van der Waals surface area contributed by atoms with Crippen molar-refractivity contribution in [3.63, 3.8) is 0 Å². The molecule has 4 heteroatoms. The van der Waals surface area contributed by atoms with Crippen molar-refractivity contribution in [3.8, 4) is 0 Å². The number of nitrogens with one attached hydrogen (secondary N) is 1. The van der Waals surface area contributed by atoms with Crippen LogP contribution in [0.2, 0.25) is 0 Å². The van der Waals surface area contributed by atoms with Gasteiger partial charge < -0.3 is 0 Å². The molecule has 72 valence electrons. The predicted octanol–water partition coefficient (Wildman–Crippen LogP) is 1.11. The van der Waals surface area contributed by atoms with E-state index in [1.807, 2.05) is 0 Å². The van der Waals surface area contributed by atoms with Crippen LogP contribution in [0.3, 0.4) is 0 Å². The molecule has 0 aromatic heterocycles. The van der Waals surface area contributed by atoms with Gasteiger partial charge in [0.1, 0.15) is 0 Å². The Kier molecular flexibility index (Phi) is 3.12. The van der Waals surface area contributed by atoms with Crippen LogP contribution < -0.4 is 4.72 Å². The zero-order chi connectivity index (χ0) is 9.19. The molecule has 1 fully saturated rings. The van der Waals surface area contributed by atoms with Crippen LogP contribution in [0.4, 0.5) is 0 Å². The summed E-state index contributed by atoms with van der Waals surface area (Å²) < 4.78 is 25.1. The fraction of sp³-hybridized carbons (Fsp3) is 1.00. The zero-order valence-electron chi connectivity index (χ0n) is 7.71. The summed E-state index contributed by atoms with van der Waals surface area (Å²) in [6, 6.07) is 0.190. The van der Waals surface area contributed by atoms with Crippen molar-refractivity contribution in [2.24, 2.45) is 5.92 Å². The Morgan fingerprint density at radius 2 is 2.08 bits per heavy atom. The van der Waals surface area contributed by atoms with Gasteiger partial charge in [0.2, 0.25) is 10.0 Å². The second-order valence-electron chi connectivity index (χ2n) is 3.54. The Balaban J connectivity index is 2.51. The average molecular weight is 191 g/mol. The lowest BCUT2D eigenvalue weighted by Crippen LogP contribution is -2.37. The molecule has 1 aliphatic rings. The fourth-order valence-corrected chi connectivity index (χ4v) is 2.61. The molecule has 12 heavy (non-hydrogen) atoms. The standard InChI is InChI=1S/C8H17NO2S/c1-3-12(10,11)9-8-6-4-5-7(8)2/h7-9H,3-6H2,1-2H3. The van der Waals surface area contributed by atoms with E-state index >= 15 is 0 Å². The van der Waals surface area contributed by atoms with Crippen molar-refractivity contribution in [3.05, 3.63) is 0 Å². The van der Waals surface area contributed by atoms with E-state index in [0.29, 0.717) is 5.92 Å². The minimum absolute atomic E-state index is 0.190. The van der Waals surface area contributed by atoms with E-state index in [1.54, 1.807) is 6.92 Å². The van der Waals surface area contributed by atoms with E-state index in [9.17, 15) is 8.42 Å². The molecular weight excluding hydrogens is 174 g/mol. The normalized spacial score (nSPS) is 30.8. The first-order chi connectivity index (χ1) is 5.55. The quantitative estimate of drug-likeness (QED) is 0.726. The number of sulfonamides is 1. The number of hydrogen-bond acceptors (Lipinski definition) is 2. The van der Waals surface area contributed by atoms with E-state index in [2.05, 4.69) is 11.6 Å². The monoisotopic (exact) mass is 191 g/mol. The van der Waals surface area contributed by atoms with Crippen molar-refractivity contribution < 1.29 is 8.42 Å². The third-order valence-electron chi connectivity index (χ3n) is 2.57. The molecule has 0 heterocycles. The first-order valence-corrected chi connectivity index (χ1v) is 6.20. The molecule has 1 aliphatic carbocycles. The van der Waals surface area contributed by atoms with Gasteiger partial charge in [-0.05, 0) is 25.7 Å². The Bertz CT molecular complexity index is 235. The highest BCUT2D eigenvalue weighted by molar-refractivity contribution is 7.89. The van der Waals surface area contributed by atoms with Gasteiger partial charge in [0, 0.05) is 6.04 Å². The average Bonchev–Trinajstić information content (AvgIpc) is 2.36. The molecule has 0 aromatic carbocycles. The topological polar surface area (TPSA) is 46.2 Å². The van der Waals surface area contributed by atoms with Gasteiger partial charge in [-0.1, -0.05) is 13.3 Å². The first kappa shape index (κ1) is 9.99. The van der Waals surface area contributed by atoms with E-state index in [1.165, 1.54) is 0 Å². The molecule has 0 aliphatic heterocycles. The van der Waals surface area contributed by atoms with Gasteiger partial charge >= 0.3 is 0 Å². The minimum Gasteiger partial charge on any atom is -0.212 e. The lowest BCUT2D eigenvalue weighted by atomic mass is 10.1. The van der Waals surface area contributed by atoms with Crippen LogP contribution in [0.5, 0.6) is 0 Å². The molecule has 3 nitrogen and oxygen atoms in total. The van der Waals surface area contributed by atoms with Crippen molar-refractivity contribution in [2.75, 3.05) is 5.75 Å². The summed E-state index contributed by atoms with van der Waals surface area (Å²) in [5.74, 6) is 0.697. The summed E-state index contributed by atoms with van der Waals surface area (Å²) >= 11 is 0. The largest absolute Gasteiger partial charge is 0.212 e. The highest BCUT2D eigenvalue weighted by atomic mass is 32.2. The maximum atomic E-state index is 11.2. The summed E-state index contributed by atoms with van der Waals surface area (Å²) in [6.07, 6.45) is 3.30. The van der Waals surface area contributed by atoms with E-state index in [0.717, 1.165) is 19.3 Å². The van der Waals surface area contributed by atoms with Gasteiger partial charge in [-0.15, -0.1) is 0 Å². The van der Waals surface area contributed by atoms with Crippen LogP contribution in [-0.4, -0.2) is 20.2 Å². The van der Waals surface area contributed by atoms with E-state index in [-0.39, 0.29) is 11.8 Å². The Morgan fingerprint density at radius 3 is 2.50 bits per heavy atom. The van der Waals surface area contributed by atoms with Gasteiger partial charge in [0.25, 0.3) is 0 Å². The van der Waals surface area contributed by atoms with Crippen LogP contribution in [0.1, 0.15) is 33.1 Å². The second kappa shape index (κ2) is 3.75. The highest BCUT2D eigenvalue weighted by Gasteiger charge is 2.26. The van der Waals surface area contributed by atoms with Gasteiger partial charge in [0.15, 0.2) is 0 Å². The molecule has 0 bridgehead atoms. The maximum Gasteiger partial charge on any atom is 0.211 e. The fourth-order valence-electron chi connectivity index (χ4n) is 1.63. The molecule has 0 saturated heterocycles. The first-order valence-electron chi connectivity index (χ1n) is 4.55. The third kappa shape index (κ3) is 2.45. The SMILES string of the molecule is CCS(=O)(=O)NC1CCCC1C. The van der Waals surface area contributed by atoms with Crippen molar-refractivity contribution >= 4 is 10.0 Å². The summed E-state index contributed by atoms with van der Waals surface area (Å²) in [5.41, 5.74) is 0. The van der Waals surface area contributed by atoms with Gasteiger partial charge in [-0.2, -0.15) is 0 Å². The molecular formula is C8H17NO2S. The lowest BCUT2D eigenvalue weighted by Gasteiger charge is -2.16. The third-order valence-corrected chi connectivity index (χ3v) is 3.99.